The average Bonchev–Trinajstić information content (AvgIpc) is 3.16. The van der Waals surface area contributed by atoms with Crippen LogP contribution in [0, 0.1) is 0 Å². The highest BCUT2D eigenvalue weighted by atomic mass is 32.1. The van der Waals surface area contributed by atoms with Crippen LogP contribution in [0.5, 0.6) is 0 Å². The fourth-order valence-electron chi connectivity index (χ4n) is 3.49. The largest absolute Gasteiger partial charge is 0.478 e. The van der Waals surface area contributed by atoms with Gasteiger partial charge in [-0.1, -0.05) is 31.4 Å². The molecular formula is C21H26N2O3S. The standard InChI is InChI=1S/C21H26N2O3S/c24-19(11-8-15-6-9-17(10-7-15)21(25)26)22-13-12-20-23-18(14-27-20)16-4-2-1-3-5-16/h6-7,9-10,14,16H,1-5,8,11-13H2,(H,22,24)(H,25,26). The molecule has 0 spiro atoms. The van der Waals surface area contributed by atoms with Crippen molar-refractivity contribution in [3.05, 3.63) is 51.5 Å². The molecule has 1 saturated carbocycles. The van der Waals surface area contributed by atoms with E-state index in [1.807, 2.05) is 0 Å². The van der Waals surface area contributed by atoms with Crippen LogP contribution in [0.2, 0.25) is 0 Å². The summed E-state index contributed by atoms with van der Waals surface area (Å²) in [5.74, 6) is -0.291. The molecular weight excluding hydrogens is 360 g/mol. The van der Waals surface area contributed by atoms with Crippen molar-refractivity contribution in [1.29, 1.82) is 0 Å². The van der Waals surface area contributed by atoms with Gasteiger partial charge in [-0.25, -0.2) is 9.78 Å². The van der Waals surface area contributed by atoms with Crippen molar-refractivity contribution in [3.63, 3.8) is 0 Å². The van der Waals surface area contributed by atoms with Crippen LogP contribution in [-0.4, -0.2) is 28.5 Å². The molecule has 0 atom stereocenters. The first-order valence-corrected chi connectivity index (χ1v) is 10.5. The minimum atomic E-state index is -0.937. The highest BCUT2D eigenvalue weighted by molar-refractivity contribution is 7.09. The Bertz CT molecular complexity index is 764. The summed E-state index contributed by atoms with van der Waals surface area (Å²) in [7, 11) is 0. The monoisotopic (exact) mass is 386 g/mol. The molecule has 3 rings (SSSR count). The molecule has 2 aromatic rings. The lowest BCUT2D eigenvalue weighted by molar-refractivity contribution is -0.121. The molecule has 1 amide bonds. The van der Waals surface area contributed by atoms with E-state index in [1.165, 1.54) is 37.8 Å². The Labute approximate surface area is 163 Å². The molecule has 1 aliphatic rings. The summed E-state index contributed by atoms with van der Waals surface area (Å²) < 4.78 is 0. The van der Waals surface area contributed by atoms with Crippen LogP contribution in [0.15, 0.2) is 29.6 Å². The van der Waals surface area contributed by atoms with Gasteiger partial charge < -0.3 is 10.4 Å². The maximum absolute atomic E-state index is 12.0. The predicted molar refractivity (Wildman–Crippen MR) is 106 cm³/mol. The molecule has 1 aromatic heterocycles. The second-order valence-corrected chi connectivity index (χ2v) is 8.05. The van der Waals surface area contributed by atoms with E-state index >= 15 is 0 Å². The number of hydrogen-bond donors (Lipinski definition) is 2. The number of carboxylic acid groups (broad SMARTS) is 1. The van der Waals surface area contributed by atoms with Crippen molar-refractivity contribution in [1.82, 2.24) is 10.3 Å². The summed E-state index contributed by atoms with van der Waals surface area (Å²) in [6.45, 7) is 0.606. The maximum atomic E-state index is 12.0. The Kier molecular flexibility index (Phi) is 6.98. The van der Waals surface area contributed by atoms with Crippen LogP contribution in [0.4, 0.5) is 0 Å². The van der Waals surface area contributed by atoms with Gasteiger partial charge in [0, 0.05) is 30.7 Å². The zero-order valence-electron chi connectivity index (χ0n) is 15.4. The number of hydrogen-bond acceptors (Lipinski definition) is 4. The molecule has 0 bridgehead atoms. The highest BCUT2D eigenvalue weighted by Crippen LogP contribution is 2.33. The number of aromatic nitrogens is 1. The number of benzene rings is 1. The van der Waals surface area contributed by atoms with E-state index in [0.29, 0.717) is 25.3 Å². The fourth-order valence-corrected chi connectivity index (χ4v) is 4.37. The average molecular weight is 387 g/mol. The van der Waals surface area contributed by atoms with Gasteiger partial charge in [-0.3, -0.25) is 4.79 Å². The van der Waals surface area contributed by atoms with Gasteiger partial charge in [0.1, 0.15) is 0 Å². The highest BCUT2D eigenvalue weighted by Gasteiger charge is 2.18. The molecule has 0 aliphatic heterocycles. The zero-order chi connectivity index (χ0) is 19.1. The quantitative estimate of drug-likeness (QED) is 0.713. The first kappa shape index (κ1) is 19.5. The van der Waals surface area contributed by atoms with Gasteiger partial charge in [0.2, 0.25) is 5.91 Å². The van der Waals surface area contributed by atoms with E-state index in [4.69, 9.17) is 10.1 Å². The Balaban J connectivity index is 1.37. The van der Waals surface area contributed by atoms with E-state index in [1.54, 1.807) is 35.6 Å². The fraction of sp³-hybridized carbons (Fsp3) is 0.476. The molecule has 2 N–H and O–H groups in total. The molecule has 1 heterocycles. The number of carbonyl (C=O) groups is 2. The third kappa shape index (κ3) is 5.89. The lowest BCUT2D eigenvalue weighted by Crippen LogP contribution is -2.25. The first-order chi connectivity index (χ1) is 13.1. The topological polar surface area (TPSA) is 79.3 Å². The van der Waals surface area contributed by atoms with Crippen molar-refractivity contribution in [2.45, 2.75) is 57.3 Å². The second-order valence-electron chi connectivity index (χ2n) is 7.10. The molecule has 1 fully saturated rings. The molecule has 1 aliphatic carbocycles. The molecule has 5 nitrogen and oxygen atoms in total. The molecule has 144 valence electrons. The van der Waals surface area contributed by atoms with Crippen LogP contribution in [0.1, 0.15) is 71.1 Å². The van der Waals surface area contributed by atoms with Crippen LogP contribution in [0.25, 0.3) is 0 Å². The summed E-state index contributed by atoms with van der Waals surface area (Å²) in [5, 5.41) is 15.1. The predicted octanol–water partition coefficient (Wildman–Crippen LogP) is 4.18. The smallest absolute Gasteiger partial charge is 0.335 e. The summed E-state index contributed by atoms with van der Waals surface area (Å²) in [6.07, 6.45) is 8.27. The lowest BCUT2D eigenvalue weighted by atomic mass is 9.87. The summed E-state index contributed by atoms with van der Waals surface area (Å²) in [5.41, 5.74) is 2.47. The third-order valence-electron chi connectivity index (χ3n) is 5.10. The third-order valence-corrected chi connectivity index (χ3v) is 6.02. The van der Waals surface area contributed by atoms with Crippen molar-refractivity contribution in [2.75, 3.05) is 6.54 Å². The SMILES string of the molecule is O=C(CCc1ccc(C(=O)O)cc1)NCCc1nc(C2CCCCC2)cs1. The van der Waals surface area contributed by atoms with Gasteiger partial charge in [0.15, 0.2) is 0 Å². The number of carbonyl (C=O) groups excluding carboxylic acids is 1. The number of nitrogens with zero attached hydrogens (tertiary/aromatic N) is 1. The Morgan fingerprint density at radius 1 is 1.11 bits per heavy atom. The number of aryl methyl sites for hydroxylation is 1. The van der Waals surface area contributed by atoms with E-state index in [0.717, 1.165) is 17.0 Å². The van der Waals surface area contributed by atoms with Gasteiger partial charge in [-0.15, -0.1) is 11.3 Å². The van der Waals surface area contributed by atoms with Gasteiger partial charge >= 0.3 is 5.97 Å². The number of nitrogens with one attached hydrogen (secondary N) is 1. The zero-order valence-corrected chi connectivity index (χ0v) is 16.3. The lowest BCUT2D eigenvalue weighted by Gasteiger charge is -2.19. The molecule has 1 aromatic carbocycles. The van der Waals surface area contributed by atoms with Crippen LogP contribution in [0.3, 0.4) is 0 Å². The van der Waals surface area contributed by atoms with Crippen molar-refractivity contribution < 1.29 is 14.7 Å². The molecule has 0 saturated heterocycles. The Morgan fingerprint density at radius 3 is 2.56 bits per heavy atom. The van der Waals surface area contributed by atoms with Crippen molar-refractivity contribution >= 4 is 23.2 Å². The number of amides is 1. The minimum absolute atomic E-state index is 0.0152. The molecule has 0 radical (unpaired) electrons. The number of rotatable bonds is 8. The summed E-state index contributed by atoms with van der Waals surface area (Å²) in [6, 6.07) is 6.67. The van der Waals surface area contributed by atoms with E-state index in [9.17, 15) is 9.59 Å². The van der Waals surface area contributed by atoms with Gasteiger partial charge in [0.25, 0.3) is 0 Å². The van der Waals surface area contributed by atoms with Gasteiger partial charge in [-0.2, -0.15) is 0 Å². The van der Waals surface area contributed by atoms with Crippen LogP contribution < -0.4 is 5.32 Å². The second kappa shape index (κ2) is 9.65. The number of thiazole rings is 1. The maximum Gasteiger partial charge on any atom is 0.335 e. The number of carboxylic acids is 1. The minimum Gasteiger partial charge on any atom is -0.478 e. The Morgan fingerprint density at radius 2 is 1.85 bits per heavy atom. The molecule has 27 heavy (non-hydrogen) atoms. The van der Waals surface area contributed by atoms with E-state index in [-0.39, 0.29) is 11.5 Å². The van der Waals surface area contributed by atoms with Crippen LogP contribution >= 0.6 is 11.3 Å². The van der Waals surface area contributed by atoms with Crippen molar-refractivity contribution in [3.8, 4) is 0 Å². The van der Waals surface area contributed by atoms with E-state index < -0.39 is 5.97 Å². The molecule has 0 unspecified atom stereocenters. The summed E-state index contributed by atoms with van der Waals surface area (Å²) in [4.78, 5) is 27.6. The van der Waals surface area contributed by atoms with Crippen LogP contribution in [-0.2, 0) is 17.6 Å². The normalized spacial score (nSPS) is 14.8. The first-order valence-electron chi connectivity index (χ1n) is 9.65. The summed E-state index contributed by atoms with van der Waals surface area (Å²) >= 11 is 1.70. The van der Waals surface area contributed by atoms with Crippen molar-refractivity contribution in [2.24, 2.45) is 0 Å². The molecule has 6 heteroatoms. The Hall–Kier alpha value is -2.21. The van der Waals surface area contributed by atoms with E-state index in [2.05, 4.69) is 10.7 Å². The van der Waals surface area contributed by atoms with Gasteiger partial charge in [-0.05, 0) is 37.0 Å². The van der Waals surface area contributed by atoms with Gasteiger partial charge in [0.05, 0.1) is 16.3 Å². The number of aromatic carboxylic acids is 1.